The summed E-state index contributed by atoms with van der Waals surface area (Å²) < 4.78 is 23.6. The van der Waals surface area contributed by atoms with E-state index in [-0.39, 0.29) is 5.91 Å². The van der Waals surface area contributed by atoms with Crippen LogP contribution in [-0.4, -0.2) is 62.8 Å². The lowest BCUT2D eigenvalue weighted by atomic mass is 9.95. The fraction of sp³-hybridized carbons (Fsp3) is 0.909. The van der Waals surface area contributed by atoms with Gasteiger partial charge in [0.15, 0.2) is 0 Å². The Morgan fingerprint density at radius 1 is 1.26 bits per heavy atom. The Labute approximate surface area is 114 Å². The molecule has 2 aliphatic heterocycles. The molecular weight excluding hydrogens is 268 g/mol. The zero-order valence-electron chi connectivity index (χ0n) is 11.0. The van der Waals surface area contributed by atoms with Gasteiger partial charge in [-0.2, -0.15) is 12.7 Å². The average molecular weight is 290 g/mol. The van der Waals surface area contributed by atoms with Crippen molar-refractivity contribution in [2.24, 2.45) is 11.1 Å². The maximum Gasteiger partial charge on any atom is 0.277 e. The number of hydrogen-bond acceptors (Lipinski definition) is 4. The minimum absolute atomic E-state index is 0.128. The van der Waals surface area contributed by atoms with Crippen molar-refractivity contribution in [3.63, 3.8) is 0 Å². The van der Waals surface area contributed by atoms with Crippen LogP contribution in [0, 0.1) is 5.92 Å². The molecule has 2 heterocycles. The molecule has 1 atom stereocenters. The van der Waals surface area contributed by atoms with Crippen LogP contribution in [0.4, 0.5) is 0 Å². The lowest BCUT2D eigenvalue weighted by molar-refractivity contribution is -0.133. The van der Waals surface area contributed by atoms with Gasteiger partial charge in [-0.15, -0.1) is 0 Å². The molecule has 0 aromatic rings. The number of nitrogens with one attached hydrogen (secondary N) is 1. The number of piperidine rings is 1. The molecule has 110 valence electrons. The second kappa shape index (κ2) is 6.17. The fourth-order valence-corrected chi connectivity index (χ4v) is 3.34. The molecule has 0 saturated carbocycles. The van der Waals surface area contributed by atoms with Crippen LogP contribution in [0.3, 0.4) is 0 Å². The predicted octanol–water partition coefficient (Wildman–Crippen LogP) is -1.28. The predicted molar refractivity (Wildman–Crippen MR) is 71.5 cm³/mol. The number of nitrogens with two attached hydrogens (primary N) is 1. The van der Waals surface area contributed by atoms with E-state index in [1.54, 1.807) is 4.90 Å². The summed E-state index contributed by atoms with van der Waals surface area (Å²) in [7, 11) is -3.62. The summed E-state index contributed by atoms with van der Waals surface area (Å²) in [5.41, 5.74) is 0. The van der Waals surface area contributed by atoms with Crippen molar-refractivity contribution < 1.29 is 13.2 Å². The minimum atomic E-state index is -3.62. The molecule has 3 N–H and O–H groups in total. The molecule has 2 rings (SSSR count). The molecule has 0 aromatic heterocycles. The first-order valence-electron chi connectivity index (χ1n) is 6.73. The molecule has 2 fully saturated rings. The fourth-order valence-electron chi connectivity index (χ4n) is 2.67. The highest BCUT2D eigenvalue weighted by Gasteiger charge is 2.27. The van der Waals surface area contributed by atoms with E-state index in [2.05, 4.69) is 5.32 Å². The summed E-state index contributed by atoms with van der Waals surface area (Å²) in [6, 6.07) is 0. The highest BCUT2D eigenvalue weighted by molar-refractivity contribution is 7.86. The maximum absolute atomic E-state index is 12.1. The van der Waals surface area contributed by atoms with Crippen molar-refractivity contribution in [2.75, 3.05) is 39.3 Å². The van der Waals surface area contributed by atoms with E-state index in [1.807, 2.05) is 0 Å². The van der Waals surface area contributed by atoms with E-state index < -0.39 is 10.2 Å². The normalized spacial score (nSPS) is 26.4. The first-order valence-corrected chi connectivity index (χ1v) is 8.23. The first kappa shape index (κ1) is 14.7. The average Bonchev–Trinajstić information content (AvgIpc) is 2.39. The van der Waals surface area contributed by atoms with Crippen LogP contribution >= 0.6 is 0 Å². The van der Waals surface area contributed by atoms with Crippen molar-refractivity contribution in [1.29, 1.82) is 0 Å². The van der Waals surface area contributed by atoms with Crippen molar-refractivity contribution in [3.05, 3.63) is 0 Å². The Bertz CT molecular complexity index is 412. The first-order chi connectivity index (χ1) is 8.97. The van der Waals surface area contributed by atoms with Crippen LogP contribution in [0.25, 0.3) is 0 Å². The van der Waals surface area contributed by atoms with Crippen LogP contribution in [-0.2, 0) is 15.0 Å². The van der Waals surface area contributed by atoms with Gasteiger partial charge in [-0.25, -0.2) is 5.14 Å². The van der Waals surface area contributed by atoms with E-state index in [9.17, 15) is 13.2 Å². The third-order valence-corrected chi connectivity index (χ3v) is 4.90. The van der Waals surface area contributed by atoms with E-state index in [1.165, 1.54) is 4.31 Å². The molecule has 2 aliphatic rings. The number of carbonyl (C=O) groups is 1. The Hall–Kier alpha value is -0.700. The Balaban J connectivity index is 1.79. The highest BCUT2D eigenvalue weighted by Crippen LogP contribution is 2.16. The van der Waals surface area contributed by atoms with Crippen LogP contribution in [0.1, 0.15) is 19.3 Å². The van der Waals surface area contributed by atoms with Gasteiger partial charge in [0.1, 0.15) is 0 Å². The summed E-state index contributed by atoms with van der Waals surface area (Å²) in [6.07, 6.45) is 2.77. The molecule has 0 bridgehead atoms. The summed E-state index contributed by atoms with van der Waals surface area (Å²) in [5, 5.41) is 8.36. The Morgan fingerprint density at radius 3 is 2.47 bits per heavy atom. The number of nitrogens with zero attached hydrogens (tertiary/aromatic N) is 2. The van der Waals surface area contributed by atoms with Crippen molar-refractivity contribution >= 4 is 16.1 Å². The van der Waals surface area contributed by atoms with Crippen molar-refractivity contribution in [2.45, 2.75) is 19.3 Å². The van der Waals surface area contributed by atoms with Gasteiger partial charge in [0.25, 0.3) is 10.2 Å². The second-order valence-corrected chi connectivity index (χ2v) is 6.79. The zero-order valence-corrected chi connectivity index (χ0v) is 11.9. The van der Waals surface area contributed by atoms with Crippen LogP contribution < -0.4 is 10.5 Å². The van der Waals surface area contributed by atoms with Gasteiger partial charge in [0.2, 0.25) is 5.91 Å². The molecular formula is C11H22N4O3S. The third kappa shape index (κ3) is 4.13. The van der Waals surface area contributed by atoms with Crippen molar-refractivity contribution in [1.82, 2.24) is 14.5 Å². The molecule has 0 aromatic carbocycles. The zero-order chi connectivity index (χ0) is 13.9. The van der Waals surface area contributed by atoms with Crippen LogP contribution in [0.2, 0.25) is 0 Å². The highest BCUT2D eigenvalue weighted by atomic mass is 32.2. The Morgan fingerprint density at radius 2 is 1.95 bits per heavy atom. The van der Waals surface area contributed by atoms with Gasteiger partial charge in [-0.1, -0.05) is 0 Å². The number of piperazine rings is 1. The lowest BCUT2D eigenvalue weighted by Gasteiger charge is -2.34. The molecule has 8 heteroatoms. The molecule has 1 amide bonds. The third-order valence-electron chi connectivity index (χ3n) is 3.81. The summed E-state index contributed by atoms with van der Waals surface area (Å²) in [4.78, 5) is 13.9. The summed E-state index contributed by atoms with van der Waals surface area (Å²) in [6.45, 7) is 3.42. The van der Waals surface area contributed by atoms with Crippen LogP contribution in [0.15, 0.2) is 0 Å². The van der Waals surface area contributed by atoms with E-state index >= 15 is 0 Å². The SMILES string of the molecule is NS(=O)(=O)N1CCN(C(=O)CC2CCCNC2)CC1. The van der Waals surface area contributed by atoms with E-state index in [4.69, 9.17) is 5.14 Å². The van der Waals surface area contributed by atoms with Gasteiger partial charge < -0.3 is 10.2 Å². The molecule has 1 unspecified atom stereocenters. The molecule has 19 heavy (non-hydrogen) atoms. The summed E-state index contributed by atoms with van der Waals surface area (Å²) >= 11 is 0. The van der Waals surface area contributed by atoms with Gasteiger partial charge in [-0.05, 0) is 31.8 Å². The quantitative estimate of drug-likeness (QED) is 0.677. The molecule has 7 nitrogen and oxygen atoms in total. The smallest absolute Gasteiger partial charge is 0.277 e. The summed E-state index contributed by atoms with van der Waals surface area (Å²) in [5.74, 6) is 0.542. The van der Waals surface area contributed by atoms with Gasteiger partial charge >= 0.3 is 0 Å². The number of carbonyl (C=O) groups excluding carboxylic acids is 1. The monoisotopic (exact) mass is 290 g/mol. The van der Waals surface area contributed by atoms with Gasteiger partial charge in [-0.3, -0.25) is 4.79 Å². The number of hydrogen-bond donors (Lipinski definition) is 2. The number of rotatable bonds is 3. The van der Waals surface area contributed by atoms with Gasteiger partial charge in [0.05, 0.1) is 0 Å². The van der Waals surface area contributed by atoms with E-state index in [0.29, 0.717) is 38.5 Å². The minimum Gasteiger partial charge on any atom is -0.340 e. The molecule has 2 saturated heterocycles. The second-order valence-electron chi connectivity index (χ2n) is 5.24. The standard InChI is InChI=1S/C11H22N4O3S/c12-19(17,18)15-6-4-14(5-7-15)11(16)8-10-2-1-3-13-9-10/h10,13H,1-9H2,(H2,12,17,18). The van der Waals surface area contributed by atoms with E-state index in [0.717, 1.165) is 25.9 Å². The largest absolute Gasteiger partial charge is 0.340 e. The molecule has 0 radical (unpaired) electrons. The van der Waals surface area contributed by atoms with Gasteiger partial charge in [0, 0.05) is 32.6 Å². The molecule has 0 aliphatic carbocycles. The molecule has 0 spiro atoms. The van der Waals surface area contributed by atoms with Crippen molar-refractivity contribution in [3.8, 4) is 0 Å². The topological polar surface area (TPSA) is 95.7 Å². The lowest BCUT2D eigenvalue weighted by Crippen LogP contribution is -2.52. The van der Waals surface area contributed by atoms with Crippen LogP contribution in [0.5, 0.6) is 0 Å². The maximum atomic E-state index is 12.1. The number of amides is 1. The Kier molecular flexibility index (Phi) is 4.77.